The van der Waals surface area contributed by atoms with E-state index in [1.807, 2.05) is 23.1 Å². The monoisotopic (exact) mass is 329 g/mol. The first-order valence-electron chi connectivity index (χ1n) is 8.51. The summed E-state index contributed by atoms with van der Waals surface area (Å²) in [6.07, 6.45) is 3.66. The SMILES string of the molecule is COC[C@H]1CN(C(=O)c2ccc3nc[nH]c3c2)CC12CCOCC2. The number of H-pyrrole nitrogens is 1. The summed E-state index contributed by atoms with van der Waals surface area (Å²) in [7, 11) is 1.74. The number of benzene rings is 1. The first-order valence-corrected chi connectivity index (χ1v) is 8.51. The second-order valence-electron chi connectivity index (χ2n) is 6.95. The standard InChI is InChI=1S/C18H23N3O3/c1-23-10-14-9-21(11-18(14)4-6-24-7-5-18)17(22)13-2-3-15-16(8-13)20-12-19-15/h2-3,8,12,14H,4-7,9-11H2,1H3,(H,19,20)/t14-/m1/s1. The van der Waals surface area contributed by atoms with E-state index in [0.29, 0.717) is 18.1 Å². The zero-order valence-corrected chi connectivity index (χ0v) is 14.0. The van der Waals surface area contributed by atoms with Crippen molar-refractivity contribution in [2.75, 3.05) is 40.0 Å². The maximum Gasteiger partial charge on any atom is 0.253 e. The Hall–Kier alpha value is -1.92. The number of methoxy groups -OCH3 is 1. The molecule has 2 fully saturated rings. The number of ether oxygens (including phenoxy) is 2. The first-order chi connectivity index (χ1) is 11.7. The van der Waals surface area contributed by atoms with Crippen molar-refractivity contribution in [3.05, 3.63) is 30.1 Å². The van der Waals surface area contributed by atoms with Gasteiger partial charge < -0.3 is 19.4 Å². The van der Waals surface area contributed by atoms with Crippen LogP contribution in [0.3, 0.4) is 0 Å². The number of aromatic amines is 1. The van der Waals surface area contributed by atoms with Crippen molar-refractivity contribution in [1.29, 1.82) is 0 Å². The molecule has 6 heteroatoms. The van der Waals surface area contributed by atoms with E-state index in [0.717, 1.165) is 50.2 Å². The molecule has 1 aromatic carbocycles. The average Bonchev–Trinajstić information content (AvgIpc) is 3.20. The van der Waals surface area contributed by atoms with E-state index in [1.54, 1.807) is 13.4 Å². The average molecular weight is 329 g/mol. The number of aromatic nitrogens is 2. The number of hydrogen-bond donors (Lipinski definition) is 1. The van der Waals surface area contributed by atoms with E-state index in [4.69, 9.17) is 9.47 Å². The molecular formula is C18H23N3O3. The predicted octanol–water partition coefficient (Wildman–Crippen LogP) is 2.08. The number of carbonyl (C=O) groups is 1. The summed E-state index contributed by atoms with van der Waals surface area (Å²) in [4.78, 5) is 22.3. The minimum atomic E-state index is 0.0935. The van der Waals surface area contributed by atoms with Crippen LogP contribution in [0.4, 0.5) is 0 Å². The number of likely N-dealkylation sites (tertiary alicyclic amines) is 1. The molecule has 24 heavy (non-hydrogen) atoms. The van der Waals surface area contributed by atoms with Crippen LogP contribution in [0, 0.1) is 11.3 Å². The van der Waals surface area contributed by atoms with Crippen molar-refractivity contribution in [1.82, 2.24) is 14.9 Å². The Labute approximate surface area is 141 Å². The fourth-order valence-corrected chi connectivity index (χ4v) is 4.21. The van der Waals surface area contributed by atoms with Crippen LogP contribution in [0.1, 0.15) is 23.2 Å². The Bertz CT molecular complexity index is 736. The summed E-state index contributed by atoms with van der Waals surface area (Å²) in [5.41, 5.74) is 2.63. The van der Waals surface area contributed by atoms with Crippen molar-refractivity contribution in [3.63, 3.8) is 0 Å². The Morgan fingerprint density at radius 2 is 2.29 bits per heavy atom. The summed E-state index contributed by atoms with van der Waals surface area (Å²) in [5.74, 6) is 0.474. The van der Waals surface area contributed by atoms with Gasteiger partial charge in [-0.2, -0.15) is 0 Å². The molecule has 1 aromatic heterocycles. The number of amides is 1. The third-order valence-corrected chi connectivity index (χ3v) is 5.62. The summed E-state index contributed by atoms with van der Waals surface area (Å²) in [6.45, 7) is 3.81. The molecule has 128 valence electrons. The van der Waals surface area contributed by atoms with E-state index < -0.39 is 0 Å². The Morgan fingerprint density at radius 3 is 3.08 bits per heavy atom. The van der Waals surface area contributed by atoms with Crippen LogP contribution >= 0.6 is 0 Å². The smallest absolute Gasteiger partial charge is 0.253 e. The molecule has 1 spiro atoms. The van der Waals surface area contributed by atoms with Crippen LogP contribution in [0.25, 0.3) is 11.0 Å². The molecule has 0 radical (unpaired) electrons. The topological polar surface area (TPSA) is 67.5 Å². The summed E-state index contributed by atoms with van der Waals surface area (Å²) >= 11 is 0. The highest BCUT2D eigenvalue weighted by Crippen LogP contribution is 2.44. The van der Waals surface area contributed by atoms with Gasteiger partial charge >= 0.3 is 0 Å². The lowest BCUT2D eigenvalue weighted by molar-refractivity contribution is -0.0169. The molecule has 0 bridgehead atoms. The highest BCUT2D eigenvalue weighted by atomic mass is 16.5. The van der Waals surface area contributed by atoms with Crippen molar-refractivity contribution >= 4 is 16.9 Å². The van der Waals surface area contributed by atoms with Crippen LogP contribution in [0.5, 0.6) is 0 Å². The highest BCUT2D eigenvalue weighted by molar-refractivity contribution is 5.97. The third kappa shape index (κ3) is 2.59. The Balaban J connectivity index is 1.58. The number of nitrogens with zero attached hydrogens (tertiary/aromatic N) is 2. The van der Waals surface area contributed by atoms with Crippen LogP contribution in [0.2, 0.25) is 0 Å². The zero-order chi connectivity index (χ0) is 16.6. The fourth-order valence-electron chi connectivity index (χ4n) is 4.21. The van der Waals surface area contributed by atoms with Crippen LogP contribution in [-0.2, 0) is 9.47 Å². The van der Waals surface area contributed by atoms with E-state index in [9.17, 15) is 4.79 Å². The van der Waals surface area contributed by atoms with Crippen molar-refractivity contribution < 1.29 is 14.3 Å². The second-order valence-corrected chi connectivity index (χ2v) is 6.95. The fraction of sp³-hybridized carbons (Fsp3) is 0.556. The van der Waals surface area contributed by atoms with Gasteiger partial charge in [-0.1, -0.05) is 0 Å². The van der Waals surface area contributed by atoms with Gasteiger partial charge in [0.15, 0.2) is 0 Å². The molecule has 1 N–H and O–H groups in total. The van der Waals surface area contributed by atoms with Gasteiger partial charge in [0, 0.05) is 44.9 Å². The van der Waals surface area contributed by atoms with Crippen LogP contribution in [-0.4, -0.2) is 60.8 Å². The molecule has 2 aliphatic heterocycles. The van der Waals surface area contributed by atoms with Gasteiger partial charge in [-0.15, -0.1) is 0 Å². The normalized spacial score (nSPS) is 23.2. The number of imidazole rings is 1. The third-order valence-electron chi connectivity index (χ3n) is 5.62. The molecule has 3 heterocycles. The highest BCUT2D eigenvalue weighted by Gasteiger charge is 2.48. The predicted molar refractivity (Wildman–Crippen MR) is 89.8 cm³/mol. The van der Waals surface area contributed by atoms with Crippen molar-refractivity contribution in [2.24, 2.45) is 11.3 Å². The lowest BCUT2D eigenvalue weighted by Crippen LogP contribution is -2.39. The van der Waals surface area contributed by atoms with E-state index in [1.165, 1.54) is 0 Å². The molecule has 2 saturated heterocycles. The van der Waals surface area contributed by atoms with Gasteiger partial charge in [-0.05, 0) is 36.5 Å². The maximum atomic E-state index is 13.0. The molecule has 0 aliphatic carbocycles. The Kier molecular flexibility index (Phi) is 4.02. The maximum absolute atomic E-state index is 13.0. The molecule has 1 atom stereocenters. The van der Waals surface area contributed by atoms with Crippen LogP contribution in [0.15, 0.2) is 24.5 Å². The van der Waals surface area contributed by atoms with Crippen LogP contribution < -0.4 is 0 Å². The van der Waals surface area contributed by atoms with E-state index in [-0.39, 0.29) is 11.3 Å². The minimum absolute atomic E-state index is 0.0935. The van der Waals surface area contributed by atoms with Gasteiger partial charge in [0.2, 0.25) is 0 Å². The molecule has 6 nitrogen and oxygen atoms in total. The van der Waals surface area contributed by atoms with Gasteiger partial charge in [-0.3, -0.25) is 4.79 Å². The largest absolute Gasteiger partial charge is 0.384 e. The number of hydrogen-bond acceptors (Lipinski definition) is 4. The number of fused-ring (bicyclic) bond motifs is 1. The number of nitrogens with one attached hydrogen (secondary N) is 1. The first kappa shape index (κ1) is 15.6. The lowest BCUT2D eigenvalue weighted by Gasteiger charge is -2.37. The Morgan fingerprint density at radius 1 is 1.46 bits per heavy atom. The molecule has 2 aliphatic rings. The quantitative estimate of drug-likeness (QED) is 0.936. The van der Waals surface area contributed by atoms with Gasteiger partial charge in [0.05, 0.1) is 24.0 Å². The number of rotatable bonds is 3. The molecule has 1 amide bonds. The lowest BCUT2D eigenvalue weighted by atomic mass is 9.72. The van der Waals surface area contributed by atoms with Crippen molar-refractivity contribution in [2.45, 2.75) is 12.8 Å². The van der Waals surface area contributed by atoms with E-state index >= 15 is 0 Å². The summed E-state index contributed by atoms with van der Waals surface area (Å²) < 4.78 is 11.0. The molecule has 4 rings (SSSR count). The second kappa shape index (κ2) is 6.18. The molecular weight excluding hydrogens is 306 g/mol. The zero-order valence-electron chi connectivity index (χ0n) is 14.0. The van der Waals surface area contributed by atoms with Gasteiger partial charge in [-0.25, -0.2) is 4.98 Å². The van der Waals surface area contributed by atoms with E-state index in [2.05, 4.69) is 9.97 Å². The minimum Gasteiger partial charge on any atom is -0.384 e. The molecule has 0 unspecified atom stereocenters. The van der Waals surface area contributed by atoms with Crippen molar-refractivity contribution in [3.8, 4) is 0 Å². The number of carbonyl (C=O) groups excluding carboxylic acids is 1. The summed E-state index contributed by atoms with van der Waals surface area (Å²) in [6, 6.07) is 5.66. The molecule has 0 saturated carbocycles. The molecule has 2 aromatic rings. The van der Waals surface area contributed by atoms with Gasteiger partial charge in [0.25, 0.3) is 5.91 Å². The van der Waals surface area contributed by atoms with Gasteiger partial charge in [0.1, 0.15) is 0 Å². The summed E-state index contributed by atoms with van der Waals surface area (Å²) in [5, 5.41) is 0.